The monoisotopic (exact) mass is 332 g/mol. The molecule has 0 unspecified atom stereocenters. The van der Waals surface area contributed by atoms with Gasteiger partial charge in [0.15, 0.2) is 0 Å². The molecule has 1 aliphatic carbocycles. The molecule has 124 valence electrons. The van der Waals surface area contributed by atoms with Crippen LogP contribution in [0.25, 0.3) is 0 Å². The van der Waals surface area contributed by atoms with E-state index in [0.717, 1.165) is 30.3 Å². The number of nitrogens with zero attached hydrogens (tertiary/aromatic N) is 1. The first-order valence-electron chi connectivity index (χ1n) is 8.44. The average Bonchev–Trinajstić information content (AvgIpc) is 2.59. The van der Waals surface area contributed by atoms with Crippen molar-refractivity contribution < 1.29 is 9.59 Å². The van der Waals surface area contributed by atoms with Crippen LogP contribution < -0.4 is 5.73 Å². The number of carbonyl (C=O) groups is 2. The lowest BCUT2D eigenvalue weighted by molar-refractivity contribution is -0.115. The molecule has 0 aromatic heterocycles. The number of nitrogens with two attached hydrogens (primary N) is 1. The van der Waals surface area contributed by atoms with E-state index in [9.17, 15) is 9.59 Å². The molecule has 0 radical (unpaired) electrons. The number of amides is 2. The Bertz CT molecular complexity index is 590. The number of fused-ring (bicyclic) bond motifs is 1. The molecular formula is C18H24N2O2S. The van der Waals surface area contributed by atoms with Crippen LogP contribution in [0.15, 0.2) is 29.2 Å². The predicted molar refractivity (Wildman–Crippen MR) is 92.3 cm³/mol. The van der Waals surface area contributed by atoms with Crippen molar-refractivity contribution in [2.24, 2.45) is 17.6 Å². The average molecular weight is 332 g/mol. The van der Waals surface area contributed by atoms with E-state index in [0.29, 0.717) is 11.5 Å². The molecule has 1 heterocycles. The van der Waals surface area contributed by atoms with E-state index < -0.39 is 0 Å². The topological polar surface area (TPSA) is 63.4 Å². The van der Waals surface area contributed by atoms with Crippen LogP contribution in [-0.4, -0.2) is 35.6 Å². The molecule has 1 aliphatic heterocycles. The van der Waals surface area contributed by atoms with Crippen molar-refractivity contribution in [2.75, 3.05) is 18.8 Å². The third kappa shape index (κ3) is 3.89. The van der Waals surface area contributed by atoms with Gasteiger partial charge in [0.25, 0.3) is 5.91 Å². The normalized spacial score (nSPS) is 24.1. The van der Waals surface area contributed by atoms with E-state index in [1.165, 1.54) is 37.4 Å². The second-order valence-corrected chi connectivity index (χ2v) is 7.61. The molecule has 2 aliphatic rings. The summed E-state index contributed by atoms with van der Waals surface area (Å²) in [5.41, 5.74) is 5.93. The van der Waals surface area contributed by atoms with Gasteiger partial charge in [-0.15, -0.1) is 11.8 Å². The van der Waals surface area contributed by atoms with Gasteiger partial charge in [-0.2, -0.15) is 0 Å². The smallest absolute Gasteiger partial charge is 0.254 e. The molecule has 1 saturated carbocycles. The molecule has 0 bridgehead atoms. The molecule has 5 heteroatoms. The molecular weight excluding hydrogens is 308 g/mol. The number of hydrogen-bond acceptors (Lipinski definition) is 3. The van der Waals surface area contributed by atoms with Crippen molar-refractivity contribution >= 4 is 23.6 Å². The lowest BCUT2D eigenvalue weighted by Crippen LogP contribution is -2.44. The Morgan fingerprint density at radius 2 is 1.87 bits per heavy atom. The summed E-state index contributed by atoms with van der Waals surface area (Å²) in [5.74, 6) is 1.43. The van der Waals surface area contributed by atoms with Gasteiger partial charge in [0.05, 0.1) is 11.3 Å². The fraction of sp³-hybridized carbons (Fsp3) is 0.556. The van der Waals surface area contributed by atoms with E-state index >= 15 is 0 Å². The highest BCUT2D eigenvalue weighted by molar-refractivity contribution is 8.00. The maximum absolute atomic E-state index is 12.9. The molecule has 2 atom stereocenters. The van der Waals surface area contributed by atoms with E-state index in [1.807, 2.05) is 29.2 Å². The van der Waals surface area contributed by atoms with Crippen molar-refractivity contribution in [3.63, 3.8) is 0 Å². The summed E-state index contributed by atoms with van der Waals surface area (Å²) >= 11 is 1.35. The van der Waals surface area contributed by atoms with Crippen LogP contribution in [0.2, 0.25) is 0 Å². The summed E-state index contributed by atoms with van der Waals surface area (Å²) in [4.78, 5) is 26.8. The number of piperidine rings is 1. The van der Waals surface area contributed by atoms with E-state index in [-0.39, 0.29) is 17.6 Å². The maximum Gasteiger partial charge on any atom is 0.254 e. The van der Waals surface area contributed by atoms with Crippen molar-refractivity contribution in [1.29, 1.82) is 0 Å². The zero-order valence-electron chi connectivity index (χ0n) is 13.4. The number of primary amides is 1. The van der Waals surface area contributed by atoms with E-state index in [1.54, 1.807) is 0 Å². The number of likely N-dealkylation sites (tertiary alicyclic amines) is 1. The standard InChI is InChI=1S/C18H24N2O2S/c19-17(21)12-23-16-8-4-3-7-15(16)18(22)20-10-9-13-5-1-2-6-14(13)11-20/h3-4,7-8,13-14H,1-2,5-6,9-12H2,(H2,19,21)/t13-,14-/m1/s1. The van der Waals surface area contributed by atoms with Gasteiger partial charge < -0.3 is 10.6 Å². The van der Waals surface area contributed by atoms with E-state index in [2.05, 4.69) is 0 Å². The molecule has 1 aromatic rings. The third-order valence-corrected chi connectivity index (χ3v) is 6.16. The van der Waals surface area contributed by atoms with Crippen LogP contribution in [0.4, 0.5) is 0 Å². The predicted octanol–water partition coefficient (Wildman–Crippen LogP) is 2.92. The second kappa shape index (κ2) is 7.39. The lowest BCUT2D eigenvalue weighted by Gasteiger charge is -2.41. The Balaban J connectivity index is 1.71. The van der Waals surface area contributed by atoms with Gasteiger partial charge in [-0.25, -0.2) is 0 Å². The second-order valence-electron chi connectivity index (χ2n) is 6.60. The number of hydrogen-bond donors (Lipinski definition) is 1. The highest BCUT2D eigenvalue weighted by atomic mass is 32.2. The molecule has 0 spiro atoms. The third-order valence-electron chi connectivity index (χ3n) is 5.07. The minimum atomic E-state index is -0.361. The molecule has 3 rings (SSSR count). The van der Waals surface area contributed by atoms with Crippen LogP contribution in [0.3, 0.4) is 0 Å². The zero-order chi connectivity index (χ0) is 16.2. The van der Waals surface area contributed by atoms with Crippen molar-refractivity contribution in [2.45, 2.75) is 37.0 Å². The van der Waals surface area contributed by atoms with Gasteiger partial charge >= 0.3 is 0 Å². The van der Waals surface area contributed by atoms with Gasteiger partial charge in [-0.3, -0.25) is 9.59 Å². The first-order valence-corrected chi connectivity index (χ1v) is 9.43. The van der Waals surface area contributed by atoms with Crippen LogP contribution in [-0.2, 0) is 4.79 Å². The molecule has 1 aromatic carbocycles. The maximum atomic E-state index is 12.9. The first kappa shape index (κ1) is 16.4. The Kier molecular flexibility index (Phi) is 5.26. The summed E-state index contributed by atoms with van der Waals surface area (Å²) in [7, 11) is 0. The fourth-order valence-electron chi connectivity index (χ4n) is 3.87. The minimum absolute atomic E-state index is 0.0987. The van der Waals surface area contributed by atoms with Crippen LogP contribution in [0.5, 0.6) is 0 Å². The summed E-state index contributed by atoms with van der Waals surface area (Å²) < 4.78 is 0. The van der Waals surface area contributed by atoms with Gasteiger partial charge in [0.1, 0.15) is 0 Å². The van der Waals surface area contributed by atoms with Gasteiger partial charge in [0.2, 0.25) is 5.91 Å². The summed E-state index contributed by atoms with van der Waals surface area (Å²) in [6, 6.07) is 7.54. The fourth-order valence-corrected chi connectivity index (χ4v) is 4.66. The SMILES string of the molecule is NC(=O)CSc1ccccc1C(=O)N1CC[C@H]2CCCC[C@@H]2C1. The van der Waals surface area contributed by atoms with Crippen LogP contribution in [0.1, 0.15) is 42.5 Å². The Labute approximate surface area is 141 Å². The quantitative estimate of drug-likeness (QED) is 0.862. The molecule has 2 amide bonds. The van der Waals surface area contributed by atoms with E-state index in [4.69, 9.17) is 5.73 Å². The lowest BCUT2D eigenvalue weighted by atomic mass is 9.75. The minimum Gasteiger partial charge on any atom is -0.369 e. The molecule has 1 saturated heterocycles. The number of rotatable bonds is 4. The Hall–Kier alpha value is -1.49. The Morgan fingerprint density at radius 3 is 2.65 bits per heavy atom. The molecule has 2 fully saturated rings. The molecule has 4 nitrogen and oxygen atoms in total. The largest absolute Gasteiger partial charge is 0.369 e. The first-order chi connectivity index (χ1) is 11.1. The van der Waals surface area contributed by atoms with Crippen LogP contribution >= 0.6 is 11.8 Å². The summed E-state index contributed by atoms with van der Waals surface area (Å²) in [6.45, 7) is 1.74. The summed E-state index contributed by atoms with van der Waals surface area (Å²) in [6.07, 6.45) is 6.37. The van der Waals surface area contributed by atoms with Crippen LogP contribution in [0, 0.1) is 11.8 Å². The number of thioether (sulfide) groups is 1. The van der Waals surface area contributed by atoms with Crippen molar-refractivity contribution in [3.05, 3.63) is 29.8 Å². The van der Waals surface area contributed by atoms with Crippen molar-refractivity contribution in [3.8, 4) is 0 Å². The number of carbonyl (C=O) groups excluding carboxylic acids is 2. The Morgan fingerprint density at radius 1 is 1.13 bits per heavy atom. The highest BCUT2D eigenvalue weighted by Crippen LogP contribution is 2.36. The number of benzene rings is 1. The summed E-state index contributed by atoms with van der Waals surface area (Å²) in [5, 5.41) is 0. The molecule has 23 heavy (non-hydrogen) atoms. The zero-order valence-corrected chi connectivity index (χ0v) is 14.2. The molecule has 2 N–H and O–H groups in total. The van der Waals surface area contributed by atoms with Gasteiger partial charge in [-0.05, 0) is 36.8 Å². The van der Waals surface area contributed by atoms with Gasteiger partial charge in [-0.1, -0.05) is 31.4 Å². The highest BCUT2D eigenvalue weighted by Gasteiger charge is 2.33. The van der Waals surface area contributed by atoms with Gasteiger partial charge in [0, 0.05) is 18.0 Å². The van der Waals surface area contributed by atoms with Crippen molar-refractivity contribution in [1.82, 2.24) is 4.90 Å².